The number of ether oxygens (including phenoxy) is 2. The van der Waals surface area contributed by atoms with Crippen molar-refractivity contribution in [1.82, 2.24) is 5.43 Å². The Morgan fingerprint density at radius 1 is 1.23 bits per heavy atom. The zero-order valence-electron chi connectivity index (χ0n) is 16.1. The molecule has 10 heteroatoms. The van der Waals surface area contributed by atoms with Gasteiger partial charge in [0.25, 0.3) is 11.6 Å². The Labute approximate surface area is 176 Å². The van der Waals surface area contributed by atoms with E-state index in [1.54, 1.807) is 24.3 Å². The molecule has 9 nitrogen and oxygen atoms in total. The van der Waals surface area contributed by atoms with Crippen LogP contribution in [0.5, 0.6) is 11.5 Å². The average Bonchev–Trinajstić information content (AvgIpc) is 2.74. The standard InChI is InChI=1S/C20H19N3O6S/c1-3-10-30-13-19(24)29-17-9-4-14(11-18(17)28-2)12-21-22-20(25)15-5-7-16(8-6-15)23(26)27/h3-9,11-12H,1,10,13H2,2H3,(H,22,25). The lowest BCUT2D eigenvalue weighted by Crippen LogP contribution is -2.17. The van der Waals surface area contributed by atoms with Crippen LogP contribution >= 0.6 is 11.8 Å². The summed E-state index contributed by atoms with van der Waals surface area (Å²) in [6.45, 7) is 3.58. The van der Waals surface area contributed by atoms with Gasteiger partial charge in [0.1, 0.15) is 0 Å². The van der Waals surface area contributed by atoms with E-state index in [1.165, 1.54) is 49.4 Å². The molecule has 0 heterocycles. The number of nitro benzene ring substituents is 1. The second-order valence-corrected chi connectivity index (χ2v) is 6.72. The van der Waals surface area contributed by atoms with Crippen LogP contribution in [0.25, 0.3) is 0 Å². The fraction of sp³-hybridized carbons (Fsp3) is 0.150. The molecule has 0 fully saturated rings. The van der Waals surface area contributed by atoms with Crippen molar-refractivity contribution in [2.75, 3.05) is 18.6 Å². The molecule has 0 aromatic heterocycles. The fourth-order valence-electron chi connectivity index (χ4n) is 2.19. The van der Waals surface area contributed by atoms with Crippen molar-refractivity contribution in [2.24, 2.45) is 5.10 Å². The third-order valence-corrected chi connectivity index (χ3v) is 4.50. The van der Waals surface area contributed by atoms with Crippen molar-refractivity contribution < 1.29 is 24.0 Å². The molecule has 2 rings (SSSR count). The SMILES string of the molecule is C=CCSCC(=O)Oc1ccc(C=NNC(=O)c2ccc([N+](=O)[O-])cc2)cc1OC. The number of esters is 1. The molecular weight excluding hydrogens is 410 g/mol. The summed E-state index contributed by atoms with van der Waals surface area (Å²) < 4.78 is 10.5. The maximum Gasteiger partial charge on any atom is 0.321 e. The van der Waals surface area contributed by atoms with E-state index >= 15 is 0 Å². The molecule has 0 aliphatic rings. The first-order chi connectivity index (χ1) is 14.4. The predicted octanol–water partition coefficient (Wildman–Crippen LogP) is 3.19. The summed E-state index contributed by atoms with van der Waals surface area (Å²) in [6.07, 6.45) is 3.09. The van der Waals surface area contributed by atoms with Gasteiger partial charge in [0.2, 0.25) is 0 Å². The van der Waals surface area contributed by atoms with Crippen molar-refractivity contribution in [2.45, 2.75) is 0 Å². The lowest BCUT2D eigenvalue weighted by atomic mass is 10.2. The van der Waals surface area contributed by atoms with Gasteiger partial charge in [-0.3, -0.25) is 19.7 Å². The number of nitro groups is 1. The van der Waals surface area contributed by atoms with Crippen molar-refractivity contribution in [3.63, 3.8) is 0 Å². The highest BCUT2D eigenvalue weighted by Crippen LogP contribution is 2.28. The maximum atomic E-state index is 12.0. The normalized spacial score (nSPS) is 10.4. The molecule has 0 aliphatic carbocycles. The van der Waals surface area contributed by atoms with Gasteiger partial charge >= 0.3 is 5.97 Å². The first-order valence-corrected chi connectivity index (χ1v) is 9.75. The summed E-state index contributed by atoms with van der Waals surface area (Å²) in [4.78, 5) is 34.0. The number of hydrogen-bond donors (Lipinski definition) is 1. The Bertz CT molecular complexity index is 960. The molecular formula is C20H19N3O6S. The lowest BCUT2D eigenvalue weighted by molar-refractivity contribution is -0.384. The first-order valence-electron chi connectivity index (χ1n) is 8.59. The summed E-state index contributed by atoms with van der Waals surface area (Å²) in [7, 11) is 1.44. The third kappa shape index (κ3) is 6.74. The van der Waals surface area contributed by atoms with Gasteiger partial charge in [-0.25, -0.2) is 5.43 Å². The van der Waals surface area contributed by atoms with Gasteiger partial charge in [0, 0.05) is 23.4 Å². The molecule has 30 heavy (non-hydrogen) atoms. The molecule has 0 bridgehead atoms. The number of rotatable bonds is 10. The van der Waals surface area contributed by atoms with E-state index in [2.05, 4.69) is 17.1 Å². The third-order valence-electron chi connectivity index (χ3n) is 3.59. The molecule has 0 radical (unpaired) electrons. The number of carbonyl (C=O) groups excluding carboxylic acids is 2. The second-order valence-electron chi connectivity index (χ2n) is 5.69. The van der Waals surface area contributed by atoms with Gasteiger partial charge in [-0.1, -0.05) is 6.08 Å². The van der Waals surface area contributed by atoms with Gasteiger partial charge in [0.15, 0.2) is 11.5 Å². The van der Waals surface area contributed by atoms with E-state index in [0.29, 0.717) is 17.1 Å². The molecule has 2 aromatic rings. The van der Waals surface area contributed by atoms with Crippen molar-refractivity contribution >= 4 is 35.5 Å². The Balaban J connectivity index is 1.98. The molecule has 1 N–H and O–H groups in total. The highest BCUT2D eigenvalue weighted by Gasteiger charge is 2.11. The summed E-state index contributed by atoms with van der Waals surface area (Å²) in [5.74, 6) is 0.518. The van der Waals surface area contributed by atoms with E-state index in [-0.39, 0.29) is 22.8 Å². The Morgan fingerprint density at radius 3 is 2.60 bits per heavy atom. The lowest BCUT2D eigenvalue weighted by Gasteiger charge is -2.09. The number of non-ortho nitro benzene ring substituents is 1. The van der Waals surface area contributed by atoms with Gasteiger partial charge < -0.3 is 9.47 Å². The quantitative estimate of drug-likeness (QED) is 0.117. The summed E-state index contributed by atoms with van der Waals surface area (Å²) in [5, 5.41) is 14.5. The van der Waals surface area contributed by atoms with Crippen LogP contribution in [0.3, 0.4) is 0 Å². The topological polar surface area (TPSA) is 120 Å². The monoisotopic (exact) mass is 429 g/mol. The highest BCUT2D eigenvalue weighted by atomic mass is 32.2. The first kappa shape index (κ1) is 22.6. The van der Waals surface area contributed by atoms with Crippen LogP contribution < -0.4 is 14.9 Å². The highest BCUT2D eigenvalue weighted by molar-refractivity contribution is 8.00. The van der Waals surface area contributed by atoms with E-state index in [0.717, 1.165) is 0 Å². The van der Waals surface area contributed by atoms with Crippen LogP contribution in [0, 0.1) is 10.1 Å². The van der Waals surface area contributed by atoms with E-state index in [4.69, 9.17) is 9.47 Å². The molecule has 0 saturated carbocycles. The Kier molecular flexibility index (Phi) is 8.57. The summed E-state index contributed by atoms with van der Waals surface area (Å²) in [6, 6.07) is 9.95. The molecule has 156 valence electrons. The van der Waals surface area contributed by atoms with Crippen LogP contribution in [0.4, 0.5) is 5.69 Å². The van der Waals surface area contributed by atoms with Crippen LogP contribution in [-0.2, 0) is 4.79 Å². The maximum absolute atomic E-state index is 12.0. The fourth-order valence-corrected chi connectivity index (χ4v) is 2.70. The van der Waals surface area contributed by atoms with Crippen LogP contribution in [0.15, 0.2) is 60.2 Å². The molecule has 2 aromatic carbocycles. The summed E-state index contributed by atoms with van der Waals surface area (Å²) >= 11 is 1.38. The number of carbonyl (C=O) groups is 2. The minimum atomic E-state index is -0.547. The molecule has 0 aliphatic heterocycles. The minimum Gasteiger partial charge on any atom is -0.493 e. The van der Waals surface area contributed by atoms with Crippen molar-refractivity contribution in [3.05, 3.63) is 76.4 Å². The Hall–Kier alpha value is -3.66. The average molecular weight is 429 g/mol. The van der Waals surface area contributed by atoms with Crippen molar-refractivity contribution in [3.8, 4) is 11.5 Å². The minimum absolute atomic E-state index is 0.109. The molecule has 1 amide bonds. The zero-order valence-corrected chi connectivity index (χ0v) is 16.9. The second kappa shape index (κ2) is 11.4. The Morgan fingerprint density at radius 2 is 1.97 bits per heavy atom. The van der Waals surface area contributed by atoms with Gasteiger partial charge in [-0.05, 0) is 35.9 Å². The number of nitrogens with one attached hydrogen (secondary N) is 1. The zero-order chi connectivity index (χ0) is 21.9. The molecule has 0 saturated heterocycles. The number of methoxy groups -OCH3 is 1. The number of hydrazone groups is 1. The van der Waals surface area contributed by atoms with E-state index < -0.39 is 16.8 Å². The molecule has 0 unspecified atom stereocenters. The van der Waals surface area contributed by atoms with E-state index in [1.807, 2.05) is 0 Å². The van der Waals surface area contributed by atoms with Crippen LogP contribution in [0.2, 0.25) is 0 Å². The predicted molar refractivity (Wildman–Crippen MR) is 114 cm³/mol. The summed E-state index contributed by atoms with van der Waals surface area (Å²) in [5.41, 5.74) is 3.05. The van der Waals surface area contributed by atoms with Crippen LogP contribution in [0.1, 0.15) is 15.9 Å². The van der Waals surface area contributed by atoms with Gasteiger partial charge in [-0.2, -0.15) is 5.10 Å². The van der Waals surface area contributed by atoms with Gasteiger partial charge in [-0.15, -0.1) is 18.3 Å². The molecule has 0 spiro atoms. The van der Waals surface area contributed by atoms with Crippen molar-refractivity contribution in [1.29, 1.82) is 0 Å². The molecule has 0 atom stereocenters. The number of hydrogen-bond acceptors (Lipinski definition) is 8. The van der Waals surface area contributed by atoms with E-state index in [9.17, 15) is 19.7 Å². The number of amides is 1. The van der Waals surface area contributed by atoms with Crippen LogP contribution in [-0.4, -0.2) is 41.6 Å². The largest absolute Gasteiger partial charge is 0.493 e. The number of benzene rings is 2. The number of nitrogens with zero attached hydrogens (tertiary/aromatic N) is 2. The van der Waals surface area contributed by atoms with Gasteiger partial charge in [0.05, 0.1) is 24.0 Å². The number of thioether (sulfide) groups is 1. The smallest absolute Gasteiger partial charge is 0.321 e.